The van der Waals surface area contributed by atoms with E-state index in [4.69, 9.17) is 4.74 Å². The van der Waals surface area contributed by atoms with E-state index < -0.39 is 0 Å². The summed E-state index contributed by atoms with van der Waals surface area (Å²) < 4.78 is 5.67. The Morgan fingerprint density at radius 3 is 2.39 bits per heavy atom. The number of likely N-dealkylation sites (N-methyl/N-ethyl adjacent to an activating group) is 1. The number of ether oxygens (including phenoxy) is 1. The second kappa shape index (κ2) is 9.18. The van der Waals surface area contributed by atoms with Gasteiger partial charge in [0.1, 0.15) is 5.75 Å². The highest BCUT2D eigenvalue weighted by molar-refractivity contribution is 5.79. The number of carbonyl (C=O) groups is 2. The van der Waals surface area contributed by atoms with Crippen LogP contribution in [0.1, 0.15) is 45.2 Å². The molecule has 5 nitrogen and oxygen atoms in total. The van der Waals surface area contributed by atoms with Crippen molar-refractivity contribution in [3.8, 4) is 5.75 Å². The Bertz CT molecular complexity index is 529. The number of amides is 2. The molecule has 1 aromatic carbocycles. The lowest BCUT2D eigenvalue weighted by Crippen LogP contribution is -2.33. The van der Waals surface area contributed by atoms with Gasteiger partial charge in [-0.15, -0.1) is 0 Å². The molecule has 2 amide bonds. The van der Waals surface area contributed by atoms with Crippen LogP contribution in [0.15, 0.2) is 24.3 Å². The summed E-state index contributed by atoms with van der Waals surface area (Å²) in [6.45, 7) is 5.92. The lowest BCUT2D eigenvalue weighted by Gasteiger charge is -2.22. The van der Waals surface area contributed by atoms with Gasteiger partial charge in [0.15, 0.2) is 6.61 Å². The zero-order valence-electron chi connectivity index (χ0n) is 14.8. The van der Waals surface area contributed by atoms with E-state index in [1.54, 1.807) is 14.1 Å². The van der Waals surface area contributed by atoms with Crippen LogP contribution < -0.4 is 10.1 Å². The average molecular weight is 320 g/mol. The van der Waals surface area contributed by atoms with Crippen molar-refractivity contribution in [2.45, 2.75) is 39.7 Å². The Labute approximate surface area is 139 Å². The second-order valence-electron chi connectivity index (χ2n) is 5.89. The van der Waals surface area contributed by atoms with Crippen molar-refractivity contribution in [1.29, 1.82) is 0 Å². The monoisotopic (exact) mass is 320 g/mol. The molecule has 0 saturated carbocycles. The van der Waals surface area contributed by atoms with Crippen molar-refractivity contribution in [2.24, 2.45) is 5.92 Å². The molecule has 1 N–H and O–H groups in total. The maximum absolute atomic E-state index is 12.2. The summed E-state index contributed by atoms with van der Waals surface area (Å²) in [4.78, 5) is 25.4. The first kappa shape index (κ1) is 19.0. The van der Waals surface area contributed by atoms with Crippen molar-refractivity contribution in [1.82, 2.24) is 10.2 Å². The number of rotatable bonds is 8. The molecule has 23 heavy (non-hydrogen) atoms. The number of para-hydroxylation sites is 1. The van der Waals surface area contributed by atoms with Crippen molar-refractivity contribution >= 4 is 11.8 Å². The Kier molecular flexibility index (Phi) is 7.59. The largest absolute Gasteiger partial charge is 0.483 e. The molecule has 0 heterocycles. The van der Waals surface area contributed by atoms with Crippen LogP contribution in [0.3, 0.4) is 0 Å². The minimum Gasteiger partial charge on any atom is -0.483 e. The Morgan fingerprint density at radius 1 is 1.17 bits per heavy atom. The van der Waals surface area contributed by atoms with Crippen LogP contribution in [0.2, 0.25) is 0 Å². The van der Waals surface area contributed by atoms with Crippen LogP contribution in [0.5, 0.6) is 5.75 Å². The second-order valence-corrected chi connectivity index (χ2v) is 5.89. The van der Waals surface area contributed by atoms with Crippen LogP contribution in [0, 0.1) is 5.92 Å². The maximum Gasteiger partial charge on any atom is 0.259 e. The van der Waals surface area contributed by atoms with Crippen molar-refractivity contribution in [3.63, 3.8) is 0 Å². The van der Waals surface area contributed by atoms with Gasteiger partial charge in [0.05, 0.1) is 6.04 Å². The van der Waals surface area contributed by atoms with Crippen LogP contribution in [-0.2, 0) is 9.59 Å². The molecule has 0 saturated heterocycles. The van der Waals surface area contributed by atoms with E-state index in [1.807, 2.05) is 45.0 Å². The minimum atomic E-state index is -0.123. The van der Waals surface area contributed by atoms with E-state index in [-0.39, 0.29) is 30.4 Å². The summed E-state index contributed by atoms with van der Waals surface area (Å²) in [6, 6.07) is 7.41. The zero-order chi connectivity index (χ0) is 17.4. The Balaban J connectivity index is 2.88. The summed E-state index contributed by atoms with van der Waals surface area (Å²) in [5.74, 6) is 0.557. The highest BCUT2D eigenvalue weighted by Gasteiger charge is 2.20. The molecule has 2 unspecified atom stereocenters. The van der Waals surface area contributed by atoms with Gasteiger partial charge in [0, 0.05) is 25.6 Å². The number of nitrogens with zero attached hydrogens (tertiary/aromatic N) is 1. The fraction of sp³-hybridized carbons (Fsp3) is 0.556. The number of nitrogens with one attached hydrogen (secondary N) is 1. The van der Waals surface area contributed by atoms with E-state index in [0.29, 0.717) is 5.75 Å². The Morgan fingerprint density at radius 2 is 1.83 bits per heavy atom. The standard InChI is InChI=1S/C18H28N2O3/c1-6-13(3)18(22)19-15(7-2)14-10-8-9-11-16(14)23-12-17(21)20(4)5/h8-11,13,15H,6-7,12H2,1-5H3,(H,19,22). The molecule has 2 atom stereocenters. The van der Waals surface area contributed by atoms with E-state index in [1.165, 1.54) is 4.90 Å². The average Bonchev–Trinajstić information content (AvgIpc) is 2.56. The fourth-order valence-electron chi connectivity index (χ4n) is 2.07. The molecule has 1 aromatic rings. The van der Waals surface area contributed by atoms with E-state index >= 15 is 0 Å². The highest BCUT2D eigenvalue weighted by Crippen LogP contribution is 2.27. The molecule has 5 heteroatoms. The number of benzene rings is 1. The lowest BCUT2D eigenvalue weighted by atomic mass is 10.0. The lowest BCUT2D eigenvalue weighted by molar-refractivity contribution is -0.131. The summed E-state index contributed by atoms with van der Waals surface area (Å²) in [5.41, 5.74) is 0.901. The minimum absolute atomic E-state index is 0.0141. The molecule has 0 bridgehead atoms. The molecule has 1 rings (SSSR count). The third kappa shape index (κ3) is 5.58. The molecular weight excluding hydrogens is 292 g/mol. The van der Waals surface area contributed by atoms with Gasteiger partial charge in [-0.05, 0) is 18.9 Å². The topological polar surface area (TPSA) is 58.6 Å². The van der Waals surface area contributed by atoms with E-state index in [2.05, 4.69) is 5.32 Å². The molecule has 0 fully saturated rings. The first-order chi connectivity index (χ1) is 10.9. The zero-order valence-corrected chi connectivity index (χ0v) is 14.8. The van der Waals surface area contributed by atoms with Gasteiger partial charge in [-0.25, -0.2) is 0 Å². The molecule has 128 valence electrons. The smallest absolute Gasteiger partial charge is 0.259 e. The van der Waals surface area contributed by atoms with Crippen LogP contribution in [0.4, 0.5) is 0 Å². The number of hydrogen-bond donors (Lipinski definition) is 1. The first-order valence-electron chi connectivity index (χ1n) is 8.12. The predicted molar refractivity (Wildman–Crippen MR) is 91.3 cm³/mol. The molecular formula is C18H28N2O3. The van der Waals surface area contributed by atoms with E-state index in [9.17, 15) is 9.59 Å². The van der Waals surface area contributed by atoms with Crippen LogP contribution in [0.25, 0.3) is 0 Å². The summed E-state index contributed by atoms with van der Waals surface area (Å²) >= 11 is 0. The van der Waals surface area contributed by atoms with Gasteiger partial charge >= 0.3 is 0 Å². The SMILES string of the molecule is CCC(C)C(=O)NC(CC)c1ccccc1OCC(=O)N(C)C. The molecule has 0 aliphatic carbocycles. The molecule has 0 spiro atoms. The van der Waals surface area contributed by atoms with Gasteiger partial charge in [-0.1, -0.05) is 39.0 Å². The maximum atomic E-state index is 12.2. The van der Waals surface area contributed by atoms with Crippen molar-refractivity contribution in [2.75, 3.05) is 20.7 Å². The third-order valence-corrected chi connectivity index (χ3v) is 3.93. The molecule has 0 aliphatic heterocycles. The number of hydrogen-bond acceptors (Lipinski definition) is 3. The third-order valence-electron chi connectivity index (χ3n) is 3.93. The van der Waals surface area contributed by atoms with Crippen molar-refractivity contribution in [3.05, 3.63) is 29.8 Å². The Hall–Kier alpha value is -2.04. The molecule has 0 radical (unpaired) electrons. The van der Waals surface area contributed by atoms with Gasteiger partial charge < -0.3 is 15.0 Å². The fourth-order valence-corrected chi connectivity index (χ4v) is 2.07. The molecule has 0 aliphatic rings. The normalized spacial score (nSPS) is 13.1. The molecule has 0 aromatic heterocycles. The van der Waals surface area contributed by atoms with Crippen LogP contribution in [-0.4, -0.2) is 37.4 Å². The summed E-state index contributed by atoms with van der Waals surface area (Å²) in [6.07, 6.45) is 1.56. The van der Waals surface area contributed by atoms with Gasteiger partial charge in [-0.2, -0.15) is 0 Å². The highest BCUT2D eigenvalue weighted by atomic mass is 16.5. The van der Waals surface area contributed by atoms with Gasteiger partial charge in [-0.3, -0.25) is 9.59 Å². The van der Waals surface area contributed by atoms with E-state index in [0.717, 1.165) is 18.4 Å². The van der Waals surface area contributed by atoms with Gasteiger partial charge in [0.2, 0.25) is 5.91 Å². The summed E-state index contributed by atoms with van der Waals surface area (Å²) in [7, 11) is 3.39. The summed E-state index contributed by atoms with van der Waals surface area (Å²) in [5, 5.41) is 3.07. The van der Waals surface area contributed by atoms with Crippen molar-refractivity contribution < 1.29 is 14.3 Å². The predicted octanol–water partition coefficient (Wildman–Crippen LogP) is 2.77. The number of carbonyl (C=O) groups excluding carboxylic acids is 2. The van der Waals surface area contributed by atoms with Crippen LogP contribution >= 0.6 is 0 Å². The quantitative estimate of drug-likeness (QED) is 0.801. The van der Waals surface area contributed by atoms with Gasteiger partial charge in [0.25, 0.3) is 5.91 Å². The first-order valence-corrected chi connectivity index (χ1v) is 8.12.